The van der Waals surface area contributed by atoms with Crippen molar-refractivity contribution in [2.75, 3.05) is 5.73 Å². The van der Waals surface area contributed by atoms with Gasteiger partial charge in [-0.3, -0.25) is 0 Å². The van der Waals surface area contributed by atoms with Gasteiger partial charge in [-0.1, -0.05) is 23.9 Å². The molecule has 9 heteroatoms. The molecule has 2 heterocycles. The molecule has 0 unspecified atom stereocenters. The third kappa shape index (κ3) is 4.10. The Bertz CT molecular complexity index is 1370. The molecule has 156 valence electrons. The van der Waals surface area contributed by atoms with Crippen LogP contribution in [0, 0.1) is 28.5 Å². The molecule has 4 rings (SSSR count). The highest BCUT2D eigenvalue weighted by molar-refractivity contribution is 7.98. The van der Waals surface area contributed by atoms with Crippen molar-refractivity contribution in [3.63, 3.8) is 0 Å². The van der Waals surface area contributed by atoms with Gasteiger partial charge in [0.05, 0.1) is 11.3 Å². The summed E-state index contributed by atoms with van der Waals surface area (Å²) < 4.78 is 18.6. The van der Waals surface area contributed by atoms with Crippen LogP contribution in [-0.2, 0) is 5.75 Å². The van der Waals surface area contributed by atoms with Crippen molar-refractivity contribution >= 4 is 17.6 Å². The summed E-state index contributed by atoms with van der Waals surface area (Å²) >= 11 is 1.23. The molecule has 2 aromatic carbocycles. The summed E-state index contributed by atoms with van der Waals surface area (Å²) in [7, 11) is 0. The molecule has 0 aliphatic carbocycles. The molecule has 3 N–H and O–H groups in total. The topological polar surface area (TPSA) is 133 Å². The normalized spacial score (nSPS) is 10.5. The van der Waals surface area contributed by atoms with Gasteiger partial charge in [-0.05, 0) is 42.0 Å². The number of hydrogen-bond donors (Lipinski definition) is 2. The van der Waals surface area contributed by atoms with Gasteiger partial charge >= 0.3 is 0 Å². The predicted molar refractivity (Wildman–Crippen MR) is 117 cm³/mol. The summed E-state index contributed by atoms with van der Waals surface area (Å²) in [5.41, 5.74) is 8.46. The fraction of sp³-hybridized carbons (Fsp3) is 0.0435. The SMILES string of the molecule is N#Cc1c(N)nc(SCc2coc(-c3ccc(F)cc3)n2)c(C#N)c1-c1ccc(O)cc1. The van der Waals surface area contributed by atoms with Crippen molar-refractivity contribution in [1.29, 1.82) is 10.5 Å². The zero-order chi connectivity index (χ0) is 22.7. The first-order valence-corrected chi connectivity index (χ1v) is 10.2. The molecule has 32 heavy (non-hydrogen) atoms. The van der Waals surface area contributed by atoms with Crippen molar-refractivity contribution in [2.24, 2.45) is 0 Å². The van der Waals surface area contributed by atoms with Crippen molar-refractivity contribution in [2.45, 2.75) is 10.8 Å². The quantitative estimate of drug-likeness (QED) is 0.418. The number of nitrogen functional groups attached to an aromatic ring is 1. The minimum absolute atomic E-state index is 0.00392. The fourth-order valence-electron chi connectivity index (χ4n) is 3.06. The number of nitriles is 2. The lowest BCUT2D eigenvalue weighted by Crippen LogP contribution is -2.03. The number of hydrogen-bond acceptors (Lipinski definition) is 8. The van der Waals surface area contributed by atoms with Gasteiger partial charge in [0.25, 0.3) is 0 Å². The van der Waals surface area contributed by atoms with Crippen LogP contribution in [0.15, 0.2) is 64.2 Å². The predicted octanol–water partition coefficient (Wildman–Crippen LogP) is 4.87. The van der Waals surface area contributed by atoms with Gasteiger partial charge < -0.3 is 15.3 Å². The highest BCUT2D eigenvalue weighted by atomic mass is 32.2. The van der Waals surface area contributed by atoms with E-state index in [0.717, 1.165) is 0 Å². The van der Waals surface area contributed by atoms with Gasteiger partial charge in [-0.25, -0.2) is 14.4 Å². The minimum Gasteiger partial charge on any atom is -0.508 e. The Morgan fingerprint density at radius 3 is 2.28 bits per heavy atom. The zero-order valence-corrected chi connectivity index (χ0v) is 17.2. The van der Waals surface area contributed by atoms with Crippen molar-refractivity contribution in [3.05, 3.63) is 77.4 Å². The van der Waals surface area contributed by atoms with Gasteiger partial charge in [0.1, 0.15) is 46.4 Å². The lowest BCUT2D eigenvalue weighted by atomic mass is 9.97. The third-order valence-electron chi connectivity index (χ3n) is 4.57. The number of rotatable bonds is 5. The highest BCUT2D eigenvalue weighted by Gasteiger charge is 2.21. The Balaban J connectivity index is 1.66. The maximum atomic E-state index is 13.1. The number of aromatic nitrogens is 2. The molecule has 4 aromatic rings. The molecule has 0 saturated heterocycles. The summed E-state index contributed by atoms with van der Waals surface area (Å²) in [6.45, 7) is 0. The number of anilines is 1. The van der Waals surface area contributed by atoms with E-state index in [1.165, 1.54) is 42.3 Å². The van der Waals surface area contributed by atoms with E-state index in [1.54, 1.807) is 24.3 Å². The molecular weight excluding hydrogens is 429 g/mol. The first kappa shape index (κ1) is 20.9. The molecule has 0 bridgehead atoms. The summed E-state index contributed by atoms with van der Waals surface area (Å²) in [4.78, 5) is 8.65. The second kappa shape index (κ2) is 8.80. The summed E-state index contributed by atoms with van der Waals surface area (Å²) in [6.07, 6.45) is 1.48. The monoisotopic (exact) mass is 443 g/mol. The maximum Gasteiger partial charge on any atom is 0.226 e. The molecular formula is C23H14FN5O2S. The Hall–Kier alpha value is -4.34. The molecule has 0 amide bonds. The Labute approximate surface area is 186 Å². The van der Waals surface area contributed by atoms with Crippen LogP contribution in [0.5, 0.6) is 5.75 Å². The summed E-state index contributed by atoms with van der Waals surface area (Å²) in [6, 6.07) is 16.1. The number of phenols is 1. The van der Waals surface area contributed by atoms with E-state index in [0.29, 0.717) is 39.1 Å². The van der Waals surface area contributed by atoms with Crippen LogP contribution in [0.2, 0.25) is 0 Å². The number of thioether (sulfide) groups is 1. The summed E-state index contributed by atoms with van der Waals surface area (Å²) in [5.74, 6) is 0.383. The fourth-order valence-corrected chi connectivity index (χ4v) is 3.93. The van der Waals surface area contributed by atoms with Crippen LogP contribution in [0.3, 0.4) is 0 Å². The van der Waals surface area contributed by atoms with Crippen LogP contribution < -0.4 is 5.73 Å². The van der Waals surface area contributed by atoms with Crippen LogP contribution >= 0.6 is 11.8 Å². The Morgan fingerprint density at radius 2 is 1.62 bits per heavy atom. The number of aromatic hydroxyl groups is 1. The van der Waals surface area contributed by atoms with E-state index in [9.17, 15) is 20.0 Å². The largest absolute Gasteiger partial charge is 0.508 e. The van der Waals surface area contributed by atoms with Crippen LogP contribution in [0.25, 0.3) is 22.6 Å². The molecule has 0 spiro atoms. The molecule has 0 radical (unpaired) electrons. The van der Waals surface area contributed by atoms with Crippen LogP contribution in [0.4, 0.5) is 10.2 Å². The lowest BCUT2D eigenvalue weighted by molar-refractivity contribution is 0.475. The zero-order valence-electron chi connectivity index (χ0n) is 16.4. The molecule has 0 aliphatic heterocycles. The second-order valence-corrected chi connectivity index (χ2v) is 7.60. The average molecular weight is 443 g/mol. The average Bonchev–Trinajstić information content (AvgIpc) is 3.27. The first-order chi connectivity index (χ1) is 15.5. The number of nitrogens with two attached hydrogens (primary N) is 1. The van der Waals surface area contributed by atoms with Crippen LogP contribution in [-0.4, -0.2) is 15.1 Å². The second-order valence-electron chi connectivity index (χ2n) is 6.64. The standard InChI is InChI=1S/C23H14FN5O2S/c24-15-5-1-14(2-6-15)22-28-16(11-31-22)12-32-23-19(10-26)20(18(9-25)21(27)29-23)13-3-7-17(30)8-4-13/h1-8,11,30H,12H2,(H2,27,29). The van der Waals surface area contributed by atoms with E-state index in [-0.39, 0.29) is 28.5 Å². The number of benzene rings is 2. The van der Waals surface area contributed by atoms with Crippen molar-refractivity contribution in [3.8, 4) is 40.5 Å². The van der Waals surface area contributed by atoms with Gasteiger partial charge in [-0.15, -0.1) is 0 Å². The van der Waals surface area contributed by atoms with E-state index < -0.39 is 0 Å². The van der Waals surface area contributed by atoms with E-state index >= 15 is 0 Å². The molecule has 2 aromatic heterocycles. The van der Waals surface area contributed by atoms with E-state index in [2.05, 4.69) is 16.0 Å². The summed E-state index contributed by atoms with van der Waals surface area (Å²) in [5, 5.41) is 29.3. The molecule has 0 fully saturated rings. The van der Waals surface area contributed by atoms with Crippen molar-refractivity contribution < 1.29 is 13.9 Å². The number of nitrogens with zero attached hydrogens (tertiary/aromatic N) is 4. The van der Waals surface area contributed by atoms with E-state index in [4.69, 9.17) is 10.2 Å². The number of pyridine rings is 1. The van der Waals surface area contributed by atoms with Crippen molar-refractivity contribution in [1.82, 2.24) is 9.97 Å². The molecule has 0 atom stereocenters. The van der Waals surface area contributed by atoms with Gasteiger partial charge in [-0.2, -0.15) is 10.5 Å². The Kier molecular flexibility index (Phi) is 5.75. The third-order valence-corrected chi connectivity index (χ3v) is 5.58. The van der Waals surface area contributed by atoms with Crippen LogP contribution in [0.1, 0.15) is 16.8 Å². The van der Waals surface area contributed by atoms with Gasteiger partial charge in [0.15, 0.2) is 0 Å². The smallest absolute Gasteiger partial charge is 0.226 e. The van der Waals surface area contributed by atoms with E-state index in [1.807, 2.05) is 6.07 Å². The maximum absolute atomic E-state index is 13.1. The first-order valence-electron chi connectivity index (χ1n) is 9.26. The number of halogens is 1. The Morgan fingerprint density at radius 1 is 0.969 bits per heavy atom. The van der Waals surface area contributed by atoms with Gasteiger partial charge in [0.2, 0.25) is 5.89 Å². The number of phenolic OH excluding ortho intramolecular Hbond substituents is 1. The highest BCUT2D eigenvalue weighted by Crippen LogP contribution is 2.37. The lowest BCUT2D eigenvalue weighted by Gasteiger charge is -2.12. The molecule has 7 nitrogen and oxygen atoms in total. The molecule has 0 aliphatic rings. The van der Waals surface area contributed by atoms with Gasteiger partial charge in [0, 0.05) is 16.9 Å². The minimum atomic E-state index is -0.353. The molecule has 0 saturated carbocycles. The number of oxazole rings is 1.